The maximum absolute atomic E-state index is 10.7. The van der Waals surface area contributed by atoms with Crippen molar-refractivity contribution in [3.05, 3.63) is 6.20 Å². The lowest BCUT2D eigenvalue weighted by atomic mass is 10.1. The van der Waals surface area contributed by atoms with Gasteiger partial charge in [0.2, 0.25) is 5.82 Å². The average Bonchev–Trinajstić information content (AvgIpc) is 2.94. The molecule has 0 aromatic carbocycles. The van der Waals surface area contributed by atoms with Crippen LogP contribution in [0.3, 0.4) is 0 Å². The van der Waals surface area contributed by atoms with Gasteiger partial charge in [0.1, 0.15) is 0 Å². The van der Waals surface area contributed by atoms with Gasteiger partial charge in [-0.15, -0.1) is 5.10 Å². The van der Waals surface area contributed by atoms with E-state index in [2.05, 4.69) is 30.9 Å². The van der Waals surface area contributed by atoms with Crippen LogP contribution in [-0.4, -0.2) is 46.7 Å². The first-order valence-corrected chi connectivity index (χ1v) is 5.08. The van der Waals surface area contributed by atoms with Gasteiger partial charge in [-0.05, 0) is 16.8 Å². The molecule has 0 spiro atoms. The fraction of sp³-hybridized carbons (Fsp3) is 0.500. The van der Waals surface area contributed by atoms with Crippen LogP contribution in [0.2, 0.25) is 0 Å². The summed E-state index contributed by atoms with van der Waals surface area (Å²) in [5.74, 6) is -0.481. The van der Waals surface area contributed by atoms with Gasteiger partial charge in [-0.2, -0.15) is 15.4 Å². The van der Waals surface area contributed by atoms with E-state index in [0.717, 1.165) is 0 Å². The van der Waals surface area contributed by atoms with Gasteiger partial charge in [0.05, 0.1) is 18.7 Å². The number of nitrogens with one attached hydrogen (secondary N) is 1. The zero-order valence-electron chi connectivity index (χ0n) is 9.11. The number of carbonyl (C=O) groups is 1. The fourth-order valence-electron chi connectivity index (χ4n) is 1.52. The van der Waals surface area contributed by atoms with Gasteiger partial charge >= 0.3 is 5.97 Å². The third-order valence-electron chi connectivity index (χ3n) is 2.36. The number of rotatable bonds is 5. The molecular weight excluding hydrogens is 226 g/mol. The maximum Gasteiger partial charge on any atom is 0.305 e. The Labute approximate surface area is 95.8 Å². The minimum Gasteiger partial charge on any atom is -0.481 e. The third-order valence-corrected chi connectivity index (χ3v) is 2.36. The number of aromatic amines is 1. The van der Waals surface area contributed by atoms with Crippen molar-refractivity contribution in [1.29, 1.82) is 0 Å². The molecule has 2 aromatic rings. The zero-order valence-corrected chi connectivity index (χ0v) is 9.11. The van der Waals surface area contributed by atoms with Crippen molar-refractivity contribution in [2.24, 2.45) is 0 Å². The molecule has 1 unspecified atom stereocenters. The molecule has 17 heavy (non-hydrogen) atoms. The zero-order chi connectivity index (χ0) is 12.3. The van der Waals surface area contributed by atoms with Gasteiger partial charge in [0.15, 0.2) is 5.69 Å². The third kappa shape index (κ3) is 2.27. The first kappa shape index (κ1) is 11.2. The van der Waals surface area contributed by atoms with E-state index < -0.39 is 5.97 Å². The number of hydrogen-bond donors (Lipinski definition) is 2. The monoisotopic (exact) mass is 237 g/mol. The summed E-state index contributed by atoms with van der Waals surface area (Å²) in [7, 11) is 0. The average molecular weight is 237 g/mol. The summed E-state index contributed by atoms with van der Waals surface area (Å²) < 4.78 is 1.46. The van der Waals surface area contributed by atoms with Crippen LogP contribution in [0.5, 0.6) is 0 Å². The Kier molecular flexibility index (Phi) is 3.08. The van der Waals surface area contributed by atoms with E-state index in [0.29, 0.717) is 17.9 Å². The fourth-order valence-corrected chi connectivity index (χ4v) is 1.52. The quantitative estimate of drug-likeness (QED) is 0.743. The molecule has 0 aliphatic heterocycles. The SMILES string of the molecule is CCC(CC(=O)O)n1nnnc1-c1cn[nH]n1. The minimum atomic E-state index is -0.890. The minimum absolute atomic E-state index is 0.0353. The summed E-state index contributed by atoms with van der Waals surface area (Å²) in [5.41, 5.74) is 0.485. The Bertz CT molecular complexity index is 492. The van der Waals surface area contributed by atoms with Crippen molar-refractivity contribution < 1.29 is 9.90 Å². The molecule has 9 nitrogen and oxygen atoms in total. The molecule has 9 heteroatoms. The lowest BCUT2D eigenvalue weighted by molar-refractivity contribution is -0.138. The van der Waals surface area contributed by atoms with Crippen LogP contribution in [-0.2, 0) is 4.79 Å². The van der Waals surface area contributed by atoms with E-state index >= 15 is 0 Å². The Hall–Kier alpha value is -2.32. The molecule has 0 aliphatic rings. The van der Waals surface area contributed by atoms with Crippen molar-refractivity contribution in [3.8, 4) is 11.5 Å². The maximum atomic E-state index is 10.7. The van der Waals surface area contributed by atoms with Crippen LogP contribution >= 0.6 is 0 Å². The number of hydrogen-bond acceptors (Lipinski definition) is 6. The summed E-state index contributed by atoms with van der Waals surface area (Å²) in [6, 6.07) is -0.297. The Morgan fingerprint density at radius 1 is 1.65 bits per heavy atom. The number of aromatic nitrogens is 7. The molecular formula is C8H11N7O2. The number of aliphatic carboxylic acids is 1. The number of H-pyrrole nitrogens is 1. The van der Waals surface area contributed by atoms with Crippen LogP contribution in [0.1, 0.15) is 25.8 Å². The summed E-state index contributed by atoms with van der Waals surface area (Å²) in [5, 5.41) is 30.0. The number of carboxylic acid groups (broad SMARTS) is 1. The summed E-state index contributed by atoms with van der Waals surface area (Å²) in [6.07, 6.45) is 2.06. The molecule has 90 valence electrons. The number of tetrazole rings is 1. The van der Waals surface area contributed by atoms with Crippen LogP contribution < -0.4 is 0 Å². The molecule has 1 atom stereocenters. The van der Waals surface area contributed by atoms with Crippen LogP contribution in [0.4, 0.5) is 0 Å². The largest absolute Gasteiger partial charge is 0.481 e. The standard InChI is InChI=1S/C8H11N7O2/c1-2-5(3-7(16)17)15-8(11-13-14-15)6-4-9-12-10-6/h4-5H,2-3H2,1H3,(H,16,17)(H,9,10,12). The van der Waals surface area contributed by atoms with Gasteiger partial charge in [-0.25, -0.2) is 4.68 Å². The van der Waals surface area contributed by atoms with E-state index in [1.54, 1.807) is 0 Å². The van der Waals surface area contributed by atoms with Gasteiger partial charge in [-0.1, -0.05) is 6.92 Å². The van der Waals surface area contributed by atoms with Gasteiger partial charge in [-0.3, -0.25) is 4.79 Å². The van der Waals surface area contributed by atoms with Crippen molar-refractivity contribution in [3.63, 3.8) is 0 Å². The summed E-state index contributed by atoms with van der Waals surface area (Å²) in [6.45, 7) is 1.88. The Morgan fingerprint density at radius 3 is 3.06 bits per heavy atom. The molecule has 2 aromatic heterocycles. The lowest BCUT2D eigenvalue weighted by Gasteiger charge is -2.12. The molecule has 2 N–H and O–H groups in total. The molecule has 0 saturated heterocycles. The van der Waals surface area contributed by atoms with Crippen LogP contribution in [0, 0.1) is 0 Å². The molecule has 0 bridgehead atoms. The molecule has 2 heterocycles. The Morgan fingerprint density at radius 2 is 2.47 bits per heavy atom. The second kappa shape index (κ2) is 4.68. The molecule has 2 rings (SSSR count). The smallest absolute Gasteiger partial charge is 0.305 e. The normalized spacial score (nSPS) is 12.5. The highest BCUT2D eigenvalue weighted by Crippen LogP contribution is 2.20. The number of nitrogens with zero attached hydrogens (tertiary/aromatic N) is 6. The second-order valence-electron chi connectivity index (χ2n) is 3.46. The highest BCUT2D eigenvalue weighted by molar-refractivity contribution is 5.67. The predicted molar refractivity (Wildman–Crippen MR) is 54.8 cm³/mol. The summed E-state index contributed by atoms with van der Waals surface area (Å²) >= 11 is 0. The highest BCUT2D eigenvalue weighted by atomic mass is 16.4. The summed E-state index contributed by atoms with van der Waals surface area (Å²) in [4.78, 5) is 10.7. The Balaban J connectivity index is 2.32. The topological polar surface area (TPSA) is 122 Å². The van der Waals surface area contributed by atoms with Crippen molar-refractivity contribution in [2.45, 2.75) is 25.8 Å². The molecule has 0 radical (unpaired) electrons. The van der Waals surface area contributed by atoms with Crippen LogP contribution in [0.25, 0.3) is 11.5 Å². The van der Waals surface area contributed by atoms with E-state index in [-0.39, 0.29) is 12.5 Å². The first-order chi connectivity index (χ1) is 8.22. The van der Waals surface area contributed by atoms with Crippen molar-refractivity contribution >= 4 is 5.97 Å². The van der Waals surface area contributed by atoms with Crippen molar-refractivity contribution in [2.75, 3.05) is 0 Å². The van der Waals surface area contributed by atoms with Crippen molar-refractivity contribution in [1.82, 2.24) is 35.6 Å². The van der Waals surface area contributed by atoms with E-state index in [1.165, 1.54) is 10.9 Å². The highest BCUT2D eigenvalue weighted by Gasteiger charge is 2.20. The molecule has 0 aliphatic carbocycles. The van der Waals surface area contributed by atoms with E-state index in [9.17, 15) is 4.79 Å². The molecule has 0 saturated carbocycles. The molecule has 0 amide bonds. The van der Waals surface area contributed by atoms with Crippen LogP contribution in [0.15, 0.2) is 6.20 Å². The van der Waals surface area contributed by atoms with E-state index in [4.69, 9.17) is 5.11 Å². The van der Waals surface area contributed by atoms with Gasteiger partial charge in [0, 0.05) is 0 Å². The van der Waals surface area contributed by atoms with Gasteiger partial charge < -0.3 is 5.11 Å². The number of carboxylic acids is 1. The van der Waals surface area contributed by atoms with E-state index in [1.807, 2.05) is 6.92 Å². The molecule has 0 fully saturated rings. The predicted octanol–water partition coefficient (Wildman–Crippen LogP) is -0.116. The van der Waals surface area contributed by atoms with Gasteiger partial charge in [0.25, 0.3) is 0 Å². The first-order valence-electron chi connectivity index (χ1n) is 5.08. The second-order valence-corrected chi connectivity index (χ2v) is 3.46. The lowest BCUT2D eigenvalue weighted by Crippen LogP contribution is -2.15.